The molecule has 0 radical (unpaired) electrons. The molecule has 2 saturated heterocycles. The Morgan fingerprint density at radius 2 is 1.92 bits per heavy atom. The monoisotopic (exact) mass is 366 g/mol. The van der Waals surface area contributed by atoms with Crippen LogP contribution in [0, 0.1) is 11.8 Å². The van der Waals surface area contributed by atoms with Gasteiger partial charge in [-0.2, -0.15) is 0 Å². The number of aliphatic hydroxyl groups is 3. The topological polar surface area (TPSA) is 123 Å². The van der Waals surface area contributed by atoms with Crippen molar-refractivity contribution in [3.8, 4) is 0 Å². The number of rotatable bonds is 7. The van der Waals surface area contributed by atoms with E-state index in [2.05, 4.69) is 0 Å². The third-order valence-electron chi connectivity index (χ3n) is 5.06. The number of hydrogen-bond donors (Lipinski definition) is 3. The molecule has 0 aliphatic carbocycles. The van der Waals surface area contributed by atoms with Crippen LogP contribution >= 0.6 is 0 Å². The Morgan fingerprint density at radius 3 is 2.48 bits per heavy atom. The quantitative estimate of drug-likeness (QED) is 0.238. The van der Waals surface area contributed by atoms with Crippen LogP contribution in [-0.2, 0) is 14.3 Å². The summed E-state index contributed by atoms with van der Waals surface area (Å²) in [5, 5.41) is 40.7. The molecule has 0 aromatic rings. The molecule has 8 heteroatoms. The van der Waals surface area contributed by atoms with Crippen LogP contribution in [-0.4, -0.2) is 64.5 Å². The van der Waals surface area contributed by atoms with Gasteiger partial charge in [-0.1, -0.05) is 12.5 Å². The van der Waals surface area contributed by atoms with Crippen molar-refractivity contribution in [3.05, 3.63) is 11.6 Å². The first-order chi connectivity index (χ1) is 11.2. The predicted octanol–water partition coefficient (Wildman–Crippen LogP) is -4.01. The van der Waals surface area contributed by atoms with Crippen LogP contribution in [0.15, 0.2) is 11.6 Å². The smallest absolute Gasteiger partial charge is 0.545 e. The van der Waals surface area contributed by atoms with Crippen molar-refractivity contribution in [3.63, 3.8) is 0 Å². The van der Waals surface area contributed by atoms with E-state index in [9.17, 15) is 25.2 Å². The number of carbonyl (C=O) groups is 1. The minimum absolute atomic E-state index is 0. The second-order valence-electron chi connectivity index (χ2n) is 7.10. The average molecular weight is 366 g/mol. The fourth-order valence-corrected chi connectivity index (χ4v) is 3.29. The maximum atomic E-state index is 10.5. The van der Waals surface area contributed by atoms with Gasteiger partial charge in [0.15, 0.2) is 0 Å². The molecule has 2 fully saturated rings. The predicted molar refractivity (Wildman–Crippen MR) is 82.7 cm³/mol. The molecule has 25 heavy (non-hydrogen) atoms. The molecule has 0 bridgehead atoms. The number of ether oxygens (including phenoxy) is 2. The summed E-state index contributed by atoms with van der Waals surface area (Å²) in [6, 6.07) is 0. The minimum Gasteiger partial charge on any atom is -0.545 e. The first-order valence-electron chi connectivity index (χ1n) is 8.40. The van der Waals surface area contributed by atoms with Crippen LogP contribution in [0.5, 0.6) is 0 Å². The third-order valence-corrected chi connectivity index (χ3v) is 5.06. The van der Waals surface area contributed by atoms with Crippen LogP contribution in [0.2, 0.25) is 0 Å². The molecule has 2 rings (SSSR count). The molecule has 7 nitrogen and oxygen atoms in total. The van der Waals surface area contributed by atoms with Crippen molar-refractivity contribution in [2.45, 2.75) is 70.2 Å². The van der Waals surface area contributed by atoms with E-state index in [0.29, 0.717) is 12.0 Å². The molecule has 2 aliphatic heterocycles. The molecule has 0 aromatic heterocycles. The van der Waals surface area contributed by atoms with Crippen molar-refractivity contribution in [2.75, 3.05) is 6.61 Å². The fraction of sp³-hybridized carbons (Fsp3) is 0.824. The molecule has 0 aromatic carbocycles. The van der Waals surface area contributed by atoms with E-state index >= 15 is 0 Å². The van der Waals surface area contributed by atoms with Crippen molar-refractivity contribution in [2.24, 2.45) is 11.8 Å². The number of epoxide rings is 1. The molecule has 8 atom stereocenters. The second-order valence-corrected chi connectivity index (χ2v) is 7.10. The zero-order chi connectivity index (χ0) is 18.0. The van der Waals surface area contributed by atoms with Gasteiger partial charge in [0.05, 0.1) is 43.1 Å². The summed E-state index contributed by atoms with van der Waals surface area (Å²) in [5.41, 5.74) is 0.515. The van der Waals surface area contributed by atoms with Crippen molar-refractivity contribution < 1.29 is 64.3 Å². The molecule has 0 saturated carbocycles. The van der Waals surface area contributed by atoms with Gasteiger partial charge >= 0.3 is 29.6 Å². The van der Waals surface area contributed by atoms with Crippen LogP contribution in [0.3, 0.4) is 0 Å². The van der Waals surface area contributed by atoms with E-state index < -0.39 is 30.4 Å². The summed E-state index contributed by atoms with van der Waals surface area (Å²) in [7, 11) is 0. The summed E-state index contributed by atoms with van der Waals surface area (Å²) in [6.07, 6.45) is -1.45. The molecule has 3 N–H and O–H groups in total. The van der Waals surface area contributed by atoms with Gasteiger partial charge in [-0.3, -0.25) is 0 Å². The Bertz CT molecular complexity index is 482. The molecule has 0 spiro atoms. The molecular formula is C17H27NaO7. The number of carbonyl (C=O) groups excluding carboxylic acids is 1. The molecule has 0 amide bonds. The van der Waals surface area contributed by atoms with Crippen molar-refractivity contribution in [1.29, 1.82) is 0 Å². The number of carboxylic acids is 1. The van der Waals surface area contributed by atoms with Gasteiger partial charge in [0.25, 0.3) is 0 Å². The molecule has 0 unspecified atom stereocenters. The van der Waals surface area contributed by atoms with E-state index in [-0.39, 0.29) is 66.6 Å². The number of carboxylic acid groups (broad SMARTS) is 1. The Morgan fingerprint density at radius 1 is 1.28 bits per heavy atom. The van der Waals surface area contributed by atoms with E-state index in [4.69, 9.17) is 9.47 Å². The first kappa shape index (κ1) is 23.0. The van der Waals surface area contributed by atoms with Gasteiger partial charge in [-0.15, -0.1) is 0 Å². The average Bonchev–Trinajstić information content (AvgIpc) is 3.24. The van der Waals surface area contributed by atoms with E-state index in [1.165, 1.54) is 0 Å². The Balaban J connectivity index is 0.00000312. The Labute approximate surface area is 170 Å². The van der Waals surface area contributed by atoms with Crippen LogP contribution in [0.4, 0.5) is 0 Å². The minimum atomic E-state index is -1.29. The van der Waals surface area contributed by atoms with E-state index in [1.807, 2.05) is 6.92 Å². The van der Waals surface area contributed by atoms with E-state index in [1.54, 1.807) is 13.8 Å². The van der Waals surface area contributed by atoms with Gasteiger partial charge in [0.2, 0.25) is 0 Å². The maximum Gasteiger partial charge on any atom is 1.00 e. The van der Waals surface area contributed by atoms with Gasteiger partial charge in [0, 0.05) is 11.8 Å². The summed E-state index contributed by atoms with van der Waals surface area (Å²) < 4.78 is 11.2. The number of hydrogen-bond acceptors (Lipinski definition) is 7. The van der Waals surface area contributed by atoms with Crippen LogP contribution < -0.4 is 34.7 Å². The van der Waals surface area contributed by atoms with Gasteiger partial charge in [0.1, 0.15) is 6.10 Å². The van der Waals surface area contributed by atoms with Gasteiger partial charge < -0.3 is 34.7 Å². The van der Waals surface area contributed by atoms with Gasteiger partial charge in [-0.25, -0.2) is 0 Å². The Kier molecular flexibility index (Phi) is 9.04. The van der Waals surface area contributed by atoms with Crippen molar-refractivity contribution >= 4 is 5.97 Å². The first-order valence-corrected chi connectivity index (χ1v) is 8.40. The summed E-state index contributed by atoms with van der Waals surface area (Å²) in [4.78, 5) is 10.5. The summed E-state index contributed by atoms with van der Waals surface area (Å²) in [5.74, 6) is -1.52. The second kappa shape index (κ2) is 9.80. The van der Waals surface area contributed by atoms with Gasteiger partial charge in [-0.05, 0) is 32.8 Å². The van der Waals surface area contributed by atoms with Crippen LogP contribution in [0.25, 0.3) is 0 Å². The molecule has 2 aliphatic rings. The third kappa shape index (κ3) is 6.29. The number of aliphatic carboxylic acids is 1. The largest absolute Gasteiger partial charge is 1.00 e. The molecule has 2 heterocycles. The molecule has 138 valence electrons. The Hall–Kier alpha value is 0.01000. The molecular weight excluding hydrogens is 339 g/mol. The fourth-order valence-electron chi connectivity index (χ4n) is 3.29. The zero-order valence-corrected chi connectivity index (χ0v) is 17.3. The van der Waals surface area contributed by atoms with E-state index in [0.717, 1.165) is 6.08 Å². The van der Waals surface area contributed by atoms with Crippen LogP contribution in [0.1, 0.15) is 33.6 Å². The summed E-state index contributed by atoms with van der Waals surface area (Å²) >= 11 is 0. The SMILES string of the molecule is CC(=CC(=O)[O-])C[C@@H]1OC[C@H](C[C@@H]2O[C@H]2[C@@H](C)[C@H](C)O)[C@@H](O)[C@H]1O.[Na+]. The maximum absolute atomic E-state index is 10.5. The number of aliphatic hydroxyl groups excluding tert-OH is 3. The van der Waals surface area contributed by atoms with Crippen molar-refractivity contribution in [1.82, 2.24) is 0 Å². The standard InChI is InChI=1S/C17H28O7.Na/c1-8(5-14(19)20)4-12-16(22)15(21)11(7-23-12)6-13-17(24-13)9(2)10(3)18;/h5,9-13,15-18,21-22H,4,6-7H2,1-3H3,(H,19,20);/q;+1/p-1/t9-,10-,11-,12-,13-,15+,16-,17-;/m0./s1. The zero-order valence-electron chi connectivity index (χ0n) is 15.3. The summed E-state index contributed by atoms with van der Waals surface area (Å²) in [6.45, 7) is 5.53. The normalized spacial score (nSPS) is 37.8.